The van der Waals surface area contributed by atoms with Crippen LogP contribution in [-0.2, 0) is 17.9 Å². The van der Waals surface area contributed by atoms with Crippen LogP contribution in [0.3, 0.4) is 0 Å². The number of amides is 3. The van der Waals surface area contributed by atoms with Crippen LogP contribution in [0, 0.1) is 0 Å². The Morgan fingerprint density at radius 1 is 1.32 bits per heavy atom. The van der Waals surface area contributed by atoms with Gasteiger partial charge in [0.1, 0.15) is 10.5 Å². The van der Waals surface area contributed by atoms with Crippen LogP contribution in [0.25, 0.3) is 10.6 Å². The summed E-state index contributed by atoms with van der Waals surface area (Å²) in [6.07, 6.45) is 0. The topological polar surface area (TPSA) is 74.3 Å². The summed E-state index contributed by atoms with van der Waals surface area (Å²) in [6, 6.07) is 7.49. The molecule has 132 valence electrons. The number of hydrogen-bond donors (Lipinski definition) is 2. The molecule has 3 rings (SSSR count). The highest BCUT2D eigenvalue weighted by Gasteiger charge is 2.44. The van der Waals surface area contributed by atoms with E-state index in [4.69, 9.17) is 0 Å². The molecule has 0 atom stereocenters. The maximum atomic E-state index is 12.3. The molecule has 1 aromatic carbocycles. The van der Waals surface area contributed by atoms with Crippen LogP contribution in [0.1, 0.15) is 32.0 Å². The molecule has 2 N–H and O–H groups in total. The predicted molar refractivity (Wildman–Crippen MR) is 98.1 cm³/mol. The van der Waals surface area contributed by atoms with Gasteiger partial charge in [-0.1, -0.05) is 25.1 Å². The zero-order valence-electron chi connectivity index (χ0n) is 14.6. The molecule has 0 unspecified atom stereocenters. The molecule has 6 nitrogen and oxygen atoms in total. The summed E-state index contributed by atoms with van der Waals surface area (Å²) in [5.41, 5.74) is 2.08. The normalized spacial score (nSPS) is 16.4. The summed E-state index contributed by atoms with van der Waals surface area (Å²) in [4.78, 5) is 30.3. The first-order valence-corrected chi connectivity index (χ1v) is 9.17. The molecule has 3 amide bonds. The number of urea groups is 1. The average molecular weight is 358 g/mol. The standard InChI is InChI=1S/C18H22N4O2S/c1-4-19-9-14-11-25-15(20-14)13-7-5-6-12(8-13)10-22-16(23)18(2,3)21-17(22)24/h5-8,11,19H,4,9-10H2,1-3H3,(H,21,24). The first kappa shape index (κ1) is 17.6. The van der Waals surface area contributed by atoms with Crippen molar-refractivity contribution in [3.63, 3.8) is 0 Å². The fourth-order valence-electron chi connectivity index (χ4n) is 2.72. The van der Waals surface area contributed by atoms with Gasteiger partial charge in [0.2, 0.25) is 0 Å². The van der Waals surface area contributed by atoms with Gasteiger partial charge in [-0.25, -0.2) is 9.78 Å². The molecule has 2 heterocycles. The van der Waals surface area contributed by atoms with Crippen LogP contribution in [0.2, 0.25) is 0 Å². The largest absolute Gasteiger partial charge is 0.325 e. The Hall–Kier alpha value is -2.25. The van der Waals surface area contributed by atoms with Crippen molar-refractivity contribution in [3.8, 4) is 10.6 Å². The van der Waals surface area contributed by atoms with Crippen LogP contribution in [0.15, 0.2) is 29.6 Å². The van der Waals surface area contributed by atoms with Crippen LogP contribution >= 0.6 is 11.3 Å². The molecular formula is C18H22N4O2S. The minimum atomic E-state index is -0.842. The molecule has 0 bridgehead atoms. The van der Waals surface area contributed by atoms with E-state index >= 15 is 0 Å². The second-order valence-corrected chi connectivity index (χ2v) is 7.43. The smallest absolute Gasteiger partial charge is 0.324 e. The Kier molecular flexibility index (Phi) is 4.87. The zero-order valence-corrected chi connectivity index (χ0v) is 15.4. The van der Waals surface area contributed by atoms with Crippen LogP contribution in [-0.4, -0.2) is 33.9 Å². The molecule has 1 aliphatic rings. The first-order valence-electron chi connectivity index (χ1n) is 8.29. The zero-order chi connectivity index (χ0) is 18.0. The van der Waals surface area contributed by atoms with Gasteiger partial charge in [-0.15, -0.1) is 11.3 Å². The predicted octanol–water partition coefficient (Wildman–Crippen LogP) is 2.75. The Morgan fingerprint density at radius 2 is 2.12 bits per heavy atom. The van der Waals surface area contributed by atoms with Crippen molar-refractivity contribution in [3.05, 3.63) is 40.9 Å². The molecule has 1 aromatic heterocycles. The molecule has 0 saturated carbocycles. The number of carbonyl (C=O) groups excluding carboxylic acids is 2. The highest BCUT2D eigenvalue weighted by atomic mass is 32.1. The molecule has 1 fully saturated rings. The fraction of sp³-hybridized carbons (Fsp3) is 0.389. The van der Waals surface area contributed by atoms with Crippen molar-refractivity contribution < 1.29 is 9.59 Å². The number of thiazole rings is 1. The first-order chi connectivity index (χ1) is 11.9. The Labute approximate surface area is 151 Å². The maximum Gasteiger partial charge on any atom is 0.325 e. The van der Waals surface area contributed by atoms with E-state index in [1.807, 2.05) is 29.6 Å². The molecule has 7 heteroatoms. The summed E-state index contributed by atoms with van der Waals surface area (Å²) < 4.78 is 0. The number of hydrogen-bond acceptors (Lipinski definition) is 5. The van der Waals surface area contributed by atoms with E-state index in [-0.39, 0.29) is 18.5 Å². The van der Waals surface area contributed by atoms with Crippen molar-refractivity contribution in [2.45, 2.75) is 39.4 Å². The lowest BCUT2D eigenvalue weighted by Gasteiger charge is -2.16. The number of imide groups is 1. The van der Waals surface area contributed by atoms with Gasteiger partial charge in [0, 0.05) is 17.5 Å². The quantitative estimate of drug-likeness (QED) is 0.779. The molecule has 25 heavy (non-hydrogen) atoms. The van der Waals surface area contributed by atoms with E-state index in [1.54, 1.807) is 25.2 Å². The Balaban J connectivity index is 1.77. The van der Waals surface area contributed by atoms with Crippen molar-refractivity contribution >= 4 is 23.3 Å². The number of nitrogens with zero attached hydrogens (tertiary/aromatic N) is 2. The lowest BCUT2D eigenvalue weighted by atomic mass is 10.1. The molecule has 2 aromatic rings. The number of nitrogens with one attached hydrogen (secondary N) is 2. The fourth-order valence-corrected chi connectivity index (χ4v) is 3.54. The minimum absolute atomic E-state index is 0.204. The number of aromatic nitrogens is 1. The van der Waals surface area contributed by atoms with E-state index in [9.17, 15) is 9.59 Å². The van der Waals surface area contributed by atoms with Gasteiger partial charge < -0.3 is 10.6 Å². The van der Waals surface area contributed by atoms with Crippen LogP contribution < -0.4 is 10.6 Å². The average Bonchev–Trinajstić information content (AvgIpc) is 3.12. The highest BCUT2D eigenvalue weighted by molar-refractivity contribution is 7.13. The third-order valence-corrected chi connectivity index (χ3v) is 5.01. The van der Waals surface area contributed by atoms with Crippen molar-refractivity contribution in [1.82, 2.24) is 20.5 Å². The van der Waals surface area contributed by atoms with Gasteiger partial charge in [0.05, 0.1) is 12.2 Å². The van der Waals surface area contributed by atoms with Crippen LogP contribution in [0.4, 0.5) is 4.79 Å². The third-order valence-electron chi connectivity index (χ3n) is 4.07. The molecule has 0 aliphatic carbocycles. The molecular weight excluding hydrogens is 336 g/mol. The lowest BCUT2D eigenvalue weighted by molar-refractivity contribution is -0.130. The van der Waals surface area contributed by atoms with Crippen LogP contribution in [0.5, 0.6) is 0 Å². The van der Waals surface area contributed by atoms with Gasteiger partial charge in [-0.05, 0) is 32.0 Å². The molecule has 1 saturated heterocycles. The summed E-state index contributed by atoms with van der Waals surface area (Å²) >= 11 is 1.59. The van der Waals surface area contributed by atoms with Gasteiger partial charge >= 0.3 is 6.03 Å². The lowest BCUT2D eigenvalue weighted by Crippen LogP contribution is -2.40. The van der Waals surface area contributed by atoms with E-state index in [2.05, 4.69) is 22.5 Å². The highest BCUT2D eigenvalue weighted by Crippen LogP contribution is 2.26. The van der Waals surface area contributed by atoms with Gasteiger partial charge in [-0.2, -0.15) is 0 Å². The summed E-state index contributed by atoms with van der Waals surface area (Å²) in [5, 5.41) is 8.95. The molecule has 0 radical (unpaired) electrons. The van der Waals surface area contributed by atoms with E-state index in [0.717, 1.165) is 34.9 Å². The Morgan fingerprint density at radius 3 is 2.80 bits per heavy atom. The van der Waals surface area contributed by atoms with E-state index in [1.165, 1.54) is 4.90 Å². The van der Waals surface area contributed by atoms with E-state index < -0.39 is 5.54 Å². The molecule has 1 aliphatic heterocycles. The van der Waals surface area contributed by atoms with Crippen molar-refractivity contribution in [1.29, 1.82) is 0 Å². The van der Waals surface area contributed by atoms with Gasteiger partial charge in [0.25, 0.3) is 5.91 Å². The monoisotopic (exact) mass is 358 g/mol. The summed E-state index contributed by atoms with van der Waals surface area (Å²) in [7, 11) is 0. The number of rotatable bonds is 6. The van der Waals surface area contributed by atoms with Gasteiger partial charge in [0.15, 0.2) is 0 Å². The SMILES string of the molecule is CCNCc1csc(-c2cccc(CN3C(=O)NC(C)(C)C3=O)c2)n1. The number of carbonyl (C=O) groups is 2. The van der Waals surface area contributed by atoms with Crippen molar-refractivity contribution in [2.24, 2.45) is 0 Å². The van der Waals surface area contributed by atoms with Gasteiger partial charge in [-0.3, -0.25) is 9.69 Å². The second-order valence-electron chi connectivity index (χ2n) is 6.57. The molecule has 0 spiro atoms. The maximum absolute atomic E-state index is 12.3. The minimum Gasteiger partial charge on any atom is -0.324 e. The van der Waals surface area contributed by atoms with E-state index in [0.29, 0.717) is 0 Å². The Bertz CT molecular complexity index is 800. The van der Waals surface area contributed by atoms with Crippen molar-refractivity contribution in [2.75, 3.05) is 6.54 Å². The summed E-state index contributed by atoms with van der Waals surface area (Å²) in [5.74, 6) is -0.204. The third kappa shape index (κ3) is 3.72. The number of benzene rings is 1. The second kappa shape index (κ2) is 6.93. The summed E-state index contributed by atoms with van der Waals surface area (Å²) in [6.45, 7) is 7.41.